The largest absolute Gasteiger partial charge is 0.494 e. The lowest BCUT2D eigenvalue weighted by molar-refractivity contribution is 0.0873. The summed E-state index contributed by atoms with van der Waals surface area (Å²) in [7, 11) is 0. The van der Waals surface area contributed by atoms with E-state index in [-0.39, 0.29) is 5.92 Å². The summed E-state index contributed by atoms with van der Waals surface area (Å²) in [6, 6.07) is 11.6. The molecule has 21 heavy (non-hydrogen) atoms. The molecule has 0 saturated heterocycles. The summed E-state index contributed by atoms with van der Waals surface area (Å²) in [5, 5.41) is 12.7. The first kappa shape index (κ1) is 15.8. The molecule has 114 valence electrons. The summed E-state index contributed by atoms with van der Waals surface area (Å²) in [6.45, 7) is 6.62. The third-order valence-corrected chi connectivity index (χ3v) is 4.16. The standard InChI is InChI=1S/C18H25NO2/c1-4-12(3)18(20)17(19)16-14-9-7-6-8-13(14)10-11-15(16)21-5-2/h6-12,17-18,20H,4-5,19H2,1-3H3/t12?,17-,18+/m1/s1. The van der Waals surface area contributed by atoms with Crippen LogP contribution in [0.15, 0.2) is 36.4 Å². The maximum atomic E-state index is 10.5. The zero-order chi connectivity index (χ0) is 15.4. The Labute approximate surface area is 126 Å². The van der Waals surface area contributed by atoms with Gasteiger partial charge in [0.2, 0.25) is 0 Å². The topological polar surface area (TPSA) is 55.5 Å². The van der Waals surface area contributed by atoms with Crippen LogP contribution in [0.4, 0.5) is 0 Å². The third-order valence-electron chi connectivity index (χ3n) is 4.16. The smallest absolute Gasteiger partial charge is 0.124 e. The Morgan fingerprint density at radius 1 is 1.14 bits per heavy atom. The lowest BCUT2D eigenvalue weighted by Crippen LogP contribution is -2.32. The minimum absolute atomic E-state index is 0.147. The highest BCUT2D eigenvalue weighted by molar-refractivity contribution is 5.88. The van der Waals surface area contributed by atoms with Crippen molar-refractivity contribution in [2.75, 3.05) is 6.61 Å². The fourth-order valence-corrected chi connectivity index (χ4v) is 2.67. The molecule has 0 saturated carbocycles. The molecule has 0 aliphatic heterocycles. The number of rotatable bonds is 6. The molecule has 0 bridgehead atoms. The van der Waals surface area contributed by atoms with Crippen LogP contribution in [0.25, 0.3) is 10.8 Å². The highest BCUT2D eigenvalue weighted by Crippen LogP contribution is 2.35. The minimum atomic E-state index is -0.583. The van der Waals surface area contributed by atoms with Crippen LogP contribution in [0.5, 0.6) is 5.75 Å². The average molecular weight is 287 g/mol. The van der Waals surface area contributed by atoms with Gasteiger partial charge in [0, 0.05) is 5.56 Å². The lowest BCUT2D eigenvalue weighted by atomic mass is 9.88. The molecular formula is C18H25NO2. The second kappa shape index (κ2) is 6.92. The molecule has 2 aromatic carbocycles. The third kappa shape index (κ3) is 3.20. The molecule has 0 aliphatic carbocycles. The normalized spacial score (nSPS) is 15.7. The Balaban J connectivity index is 2.55. The zero-order valence-corrected chi connectivity index (χ0v) is 13.0. The van der Waals surface area contributed by atoms with E-state index in [0.29, 0.717) is 6.61 Å². The molecule has 0 aromatic heterocycles. The van der Waals surface area contributed by atoms with Crippen molar-refractivity contribution < 1.29 is 9.84 Å². The van der Waals surface area contributed by atoms with Crippen LogP contribution >= 0.6 is 0 Å². The summed E-state index contributed by atoms with van der Waals surface area (Å²) < 4.78 is 5.74. The summed E-state index contributed by atoms with van der Waals surface area (Å²) in [5.41, 5.74) is 7.29. The van der Waals surface area contributed by atoms with Crippen LogP contribution in [0, 0.1) is 5.92 Å². The van der Waals surface area contributed by atoms with Crippen molar-refractivity contribution in [3.63, 3.8) is 0 Å². The van der Waals surface area contributed by atoms with Gasteiger partial charge in [-0.15, -0.1) is 0 Å². The van der Waals surface area contributed by atoms with Gasteiger partial charge in [0.15, 0.2) is 0 Å². The van der Waals surface area contributed by atoms with Crippen molar-refractivity contribution in [3.8, 4) is 5.75 Å². The Hall–Kier alpha value is -1.58. The van der Waals surface area contributed by atoms with E-state index in [9.17, 15) is 5.11 Å². The Morgan fingerprint density at radius 3 is 2.52 bits per heavy atom. The monoisotopic (exact) mass is 287 g/mol. The van der Waals surface area contributed by atoms with Gasteiger partial charge in [0.1, 0.15) is 5.75 Å². The van der Waals surface area contributed by atoms with Gasteiger partial charge in [-0.05, 0) is 29.7 Å². The first-order valence-electron chi connectivity index (χ1n) is 7.68. The van der Waals surface area contributed by atoms with E-state index in [1.54, 1.807) is 0 Å². The van der Waals surface area contributed by atoms with Gasteiger partial charge in [0.25, 0.3) is 0 Å². The van der Waals surface area contributed by atoms with Crippen molar-refractivity contribution in [3.05, 3.63) is 42.0 Å². The molecule has 0 radical (unpaired) electrons. The van der Waals surface area contributed by atoms with Crippen LogP contribution in [0.1, 0.15) is 38.8 Å². The van der Waals surface area contributed by atoms with Gasteiger partial charge < -0.3 is 15.6 Å². The first-order chi connectivity index (χ1) is 10.1. The van der Waals surface area contributed by atoms with E-state index in [4.69, 9.17) is 10.5 Å². The summed E-state index contributed by atoms with van der Waals surface area (Å²) in [6.07, 6.45) is 0.309. The predicted molar refractivity (Wildman–Crippen MR) is 87.5 cm³/mol. The second-order valence-corrected chi connectivity index (χ2v) is 5.53. The second-order valence-electron chi connectivity index (χ2n) is 5.53. The summed E-state index contributed by atoms with van der Waals surface area (Å²) in [5.74, 6) is 0.916. The molecule has 3 atom stereocenters. The van der Waals surface area contributed by atoms with Gasteiger partial charge >= 0.3 is 0 Å². The highest BCUT2D eigenvalue weighted by Gasteiger charge is 2.26. The lowest BCUT2D eigenvalue weighted by Gasteiger charge is -2.27. The minimum Gasteiger partial charge on any atom is -0.494 e. The fourth-order valence-electron chi connectivity index (χ4n) is 2.67. The number of benzene rings is 2. The van der Waals surface area contributed by atoms with Gasteiger partial charge in [-0.3, -0.25) is 0 Å². The van der Waals surface area contributed by atoms with Crippen LogP contribution in [-0.2, 0) is 0 Å². The quantitative estimate of drug-likeness (QED) is 0.852. The van der Waals surface area contributed by atoms with E-state index in [0.717, 1.165) is 28.5 Å². The highest BCUT2D eigenvalue weighted by atomic mass is 16.5. The SMILES string of the molecule is CCOc1ccc2ccccc2c1[C@@H](N)[C@@H](O)C(C)CC. The number of aliphatic hydroxyl groups is 1. The van der Waals surface area contributed by atoms with Crippen molar-refractivity contribution in [2.45, 2.75) is 39.3 Å². The molecule has 2 rings (SSSR count). The van der Waals surface area contributed by atoms with Crippen molar-refractivity contribution in [1.29, 1.82) is 0 Å². The number of nitrogens with two attached hydrogens (primary N) is 1. The van der Waals surface area contributed by atoms with Crippen LogP contribution in [-0.4, -0.2) is 17.8 Å². The number of aliphatic hydroxyl groups excluding tert-OH is 1. The van der Waals surface area contributed by atoms with E-state index in [1.807, 2.05) is 44.2 Å². The molecule has 3 nitrogen and oxygen atoms in total. The summed E-state index contributed by atoms with van der Waals surface area (Å²) >= 11 is 0. The molecular weight excluding hydrogens is 262 g/mol. The molecule has 0 aliphatic rings. The number of ether oxygens (including phenoxy) is 1. The van der Waals surface area contributed by atoms with Crippen molar-refractivity contribution >= 4 is 10.8 Å². The Morgan fingerprint density at radius 2 is 1.86 bits per heavy atom. The van der Waals surface area contributed by atoms with Crippen LogP contribution < -0.4 is 10.5 Å². The van der Waals surface area contributed by atoms with Gasteiger partial charge in [-0.2, -0.15) is 0 Å². The van der Waals surface area contributed by atoms with Gasteiger partial charge in [-0.25, -0.2) is 0 Å². The number of hydrogen-bond donors (Lipinski definition) is 2. The molecule has 0 amide bonds. The molecule has 2 aromatic rings. The van der Waals surface area contributed by atoms with E-state index in [1.165, 1.54) is 0 Å². The van der Waals surface area contributed by atoms with Crippen LogP contribution in [0.2, 0.25) is 0 Å². The van der Waals surface area contributed by atoms with E-state index in [2.05, 4.69) is 13.0 Å². The van der Waals surface area contributed by atoms with Crippen molar-refractivity contribution in [1.82, 2.24) is 0 Å². The predicted octanol–water partition coefficient (Wildman–Crippen LogP) is 3.65. The molecule has 0 fully saturated rings. The van der Waals surface area contributed by atoms with Crippen molar-refractivity contribution in [2.24, 2.45) is 11.7 Å². The number of fused-ring (bicyclic) bond motifs is 1. The Kier molecular flexibility index (Phi) is 5.21. The van der Waals surface area contributed by atoms with Gasteiger partial charge in [0.05, 0.1) is 18.8 Å². The fraction of sp³-hybridized carbons (Fsp3) is 0.444. The maximum Gasteiger partial charge on any atom is 0.124 e. The van der Waals surface area contributed by atoms with E-state index >= 15 is 0 Å². The summed E-state index contributed by atoms with van der Waals surface area (Å²) in [4.78, 5) is 0. The molecule has 0 spiro atoms. The zero-order valence-electron chi connectivity index (χ0n) is 13.0. The molecule has 3 N–H and O–H groups in total. The first-order valence-corrected chi connectivity index (χ1v) is 7.68. The molecule has 1 unspecified atom stereocenters. The maximum absolute atomic E-state index is 10.5. The van der Waals surface area contributed by atoms with Gasteiger partial charge in [-0.1, -0.05) is 50.6 Å². The van der Waals surface area contributed by atoms with Crippen LogP contribution in [0.3, 0.4) is 0 Å². The number of hydrogen-bond acceptors (Lipinski definition) is 3. The molecule has 0 heterocycles. The average Bonchev–Trinajstić information content (AvgIpc) is 2.52. The van der Waals surface area contributed by atoms with E-state index < -0.39 is 12.1 Å². The molecule has 3 heteroatoms. The Bertz CT molecular complexity index is 597.